The van der Waals surface area contributed by atoms with Gasteiger partial charge in [0.25, 0.3) is 0 Å². The molecule has 29 heavy (non-hydrogen) atoms. The van der Waals surface area contributed by atoms with Gasteiger partial charge in [-0.05, 0) is 57.4 Å². The van der Waals surface area contributed by atoms with Gasteiger partial charge >= 0.3 is 0 Å². The Morgan fingerprint density at radius 2 is 2.03 bits per heavy atom. The van der Waals surface area contributed by atoms with Gasteiger partial charge in [0.1, 0.15) is 6.10 Å². The SMILES string of the molecule is CCNC(=NCc1ccc(OC2CCCC2)nc1)NC1CCCC(S(=O)CC)C1. The Kier molecular flexibility index (Phi) is 8.77. The molecule has 2 aliphatic carbocycles. The van der Waals surface area contributed by atoms with Gasteiger partial charge in [-0.25, -0.2) is 9.98 Å². The Balaban J connectivity index is 1.53. The minimum Gasteiger partial charge on any atom is -0.474 e. The van der Waals surface area contributed by atoms with E-state index in [2.05, 4.69) is 22.5 Å². The quantitative estimate of drug-likeness (QED) is 0.497. The molecule has 0 bridgehead atoms. The lowest BCUT2D eigenvalue weighted by molar-refractivity contribution is 0.201. The van der Waals surface area contributed by atoms with E-state index in [9.17, 15) is 4.21 Å². The van der Waals surface area contributed by atoms with Gasteiger partial charge in [-0.2, -0.15) is 0 Å². The normalized spacial score (nSPS) is 24.3. The van der Waals surface area contributed by atoms with Crippen molar-refractivity contribution >= 4 is 16.8 Å². The molecule has 1 aromatic rings. The van der Waals surface area contributed by atoms with E-state index in [1.165, 1.54) is 12.8 Å². The highest BCUT2D eigenvalue weighted by molar-refractivity contribution is 7.85. The van der Waals surface area contributed by atoms with Crippen LogP contribution in [-0.2, 0) is 17.3 Å². The van der Waals surface area contributed by atoms with Gasteiger partial charge in [0.2, 0.25) is 5.88 Å². The molecule has 2 aliphatic rings. The zero-order valence-corrected chi connectivity index (χ0v) is 18.7. The van der Waals surface area contributed by atoms with Crippen LogP contribution in [0.3, 0.4) is 0 Å². The molecule has 0 spiro atoms. The van der Waals surface area contributed by atoms with Crippen molar-refractivity contribution in [3.8, 4) is 5.88 Å². The lowest BCUT2D eigenvalue weighted by atomic mass is 9.95. The van der Waals surface area contributed by atoms with E-state index in [0.29, 0.717) is 29.8 Å². The maximum atomic E-state index is 12.2. The van der Waals surface area contributed by atoms with Crippen LogP contribution in [0.4, 0.5) is 0 Å². The van der Waals surface area contributed by atoms with Crippen molar-refractivity contribution in [3.63, 3.8) is 0 Å². The summed E-state index contributed by atoms with van der Waals surface area (Å²) in [5.74, 6) is 2.29. The molecule has 6 nitrogen and oxygen atoms in total. The fourth-order valence-electron chi connectivity index (χ4n) is 4.19. The number of hydrogen-bond acceptors (Lipinski definition) is 4. The number of nitrogens with zero attached hydrogens (tertiary/aromatic N) is 2. The molecule has 0 aromatic carbocycles. The Morgan fingerprint density at radius 3 is 2.72 bits per heavy atom. The second-order valence-electron chi connectivity index (χ2n) is 8.02. The lowest BCUT2D eigenvalue weighted by Gasteiger charge is -2.30. The number of pyridine rings is 1. The van der Waals surface area contributed by atoms with Gasteiger partial charge in [-0.15, -0.1) is 0 Å². The molecule has 0 amide bonds. The second-order valence-corrected chi connectivity index (χ2v) is 10.0. The fraction of sp³-hybridized carbons (Fsp3) is 0.727. The first-order valence-corrected chi connectivity index (χ1v) is 12.6. The molecule has 1 heterocycles. The molecular formula is C22H36N4O2S. The molecule has 0 radical (unpaired) electrons. The summed E-state index contributed by atoms with van der Waals surface area (Å²) < 4.78 is 18.1. The monoisotopic (exact) mass is 420 g/mol. The smallest absolute Gasteiger partial charge is 0.213 e. The van der Waals surface area contributed by atoms with E-state index in [-0.39, 0.29) is 0 Å². The van der Waals surface area contributed by atoms with Crippen LogP contribution in [0.1, 0.15) is 70.8 Å². The minimum atomic E-state index is -0.711. The Bertz CT molecular complexity index is 674. The van der Waals surface area contributed by atoms with E-state index in [0.717, 1.165) is 62.3 Å². The standard InChI is InChI=1S/C22H36N4O2S/c1-3-23-22(26-18-8-7-11-20(14-18)29(27)4-2)25-16-17-12-13-21(24-15-17)28-19-9-5-6-10-19/h12-13,15,18-20H,3-11,14,16H2,1-2H3,(H2,23,25,26). The molecule has 2 saturated carbocycles. The molecule has 3 unspecified atom stereocenters. The van der Waals surface area contributed by atoms with E-state index in [1.54, 1.807) is 0 Å². The van der Waals surface area contributed by atoms with Crippen molar-refractivity contribution in [3.05, 3.63) is 23.9 Å². The van der Waals surface area contributed by atoms with Crippen molar-refractivity contribution in [1.82, 2.24) is 15.6 Å². The summed E-state index contributed by atoms with van der Waals surface area (Å²) in [5.41, 5.74) is 1.06. The van der Waals surface area contributed by atoms with Gasteiger partial charge in [-0.3, -0.25) is 4.21 Å². The third-order valence-corrected chi connectivity index (χ3v) is 7.52. The molecule has 7 heteroatoms. The summed E-state index contributed by atoms with van der Waals surface area (Å²) in [5, 5.41) is 7.20. The molecule has 0 saturated heterocycles. The maximum absolute atomic E-state index is 12.2. The number of aliphatic imine (C=N–C) groups is 1. The van der Waals surface area contributed by atoms with Gasteiger partial charge in [-0.1, -0.05) is 19.4 Å². The van der Waals surface area contributed by atoms with Crippen molar-refractivity contribution in [2.75, 3.05) is 12.3 Å². The lowest BCUT2D eigenvalue weighted by Crippen LogP contribution is -2.46. The number of guanidine groups is 1. The maximum Gasteiger partial charge on any atom is 0.213 e. The molecule has 2 N–H and O–H groups in total. The third kappa shape index (κ3) is 6.98. The van der Waals surface area contributed by atoms with Crippen LogP contribution in [0.25, 0.3) is 0 Å². The molecule has 1 aromatic heterocycles. The summed E-state index contributed by atoms with van der Waals surface area (Å²) in [6.45, 7) is 5.47. The van der Waals surface area contributed by atoms with Crippen LogP contribution in [0.5, 0.6) is 5.88 Å². The van der Waals surface area contributed by atoms with Crippen molar-refractivity contribution in [2.24, 2.45) is 4.99 Å². The number of nitrogens with one attached hydrogen (secondary N) is 2. The van der Waals surface area contributed by atoms with Gasteiger partial charge in [0.05, 0.1) is 6.54 Å². The van der Waals surface area contributed by atoms with E-state index in [4.69, 9.17) is 9.73 Å². The summed E-state index contributed by atoms with van der Waals surface area (Å²) in [6, 6.07) is 4.34. The predicted molar refractivity (Wildman–Crippen MR) is 120 cm³/mol. The number of rotatable bonds is 8. The van der Waals surface area contributed by atoms with E-state index >= 15 is 0 Å². The molecular weight excluding hydrogens is 384 g/mol. The molecule has 162 valence electrons. The van der Waals surface area contributed by atoms with Crippen LogP contribution >= 0.6 is 0 Å². The highest BCUT2D eigenvalue weighted by Gasteiger charge is 2.26. The Morgan fingerprint density at radius 1 is 1.21 bits per heavy atom. The summed E-state index contributed by atoms with van der Waals surface area (Å²) in [7, 11) is -0.711. The first-order valence-electron chi connectivity index (χ1n) is 11.2. The van der Waals surface area contributed by atoms with E-state index < -0.39 is 10.8 Å². The molecule has 3 rings (SSSR count). The summed E-state index contributed by atoms with van der Waals surface area (Å²) >= 11 is 0. The zero-order chi connectivity index (χ0) is 20.5. The Labute approximate surface area is 177 Å². The van der Waals surface area contributed by atoms with Gasteiger partial charge in [0.15, 0.2) is 5.96 Å². The predicted octanol–water partition coefficient (Wildman–Crippen LogP) is 3.54. The van der Waals surface area contributed by atoms with Crippen molar-refractivity contribution in [2.45, 2.75) is 89.2 Å². The van der Waals surface area contributed by atoms with Crippen LogP contribution in [0.15, 0.2) is 23.3 Å². The Hall–Kier alpha value is -1.63. The van der Waals surface area contributed by atoms with Gasteiger partial charge < -0.3 is 15.4 Å². The van der Waals surface area contributed by atoms with Gasteiger partial charge in [0, 0.05) is 46.7 Å². The molecule has 0 aliphatic heterocycles. The first-order chi connectivity index (χ1) is 14.2. The second kappa shape index (κ2) is 11.5. The van der Waals surface area contributed by atoms with Crippen LogP contribution in [-0.4, -0.2) is 44.8 Å². The van der Waals surface area contributed by atoms with Crippen molar-refractivity contribution < 1.29 is 8.95 Å². The largest absolute Gasteiger partial charge is 0.474 e. The highest BCUT2D eigenvalue weighted by atomic mass is 32.2. The van der Waals surface area contributed by atoms with E-state index in [1.807, 2.05) is 25.3 Å². The van der Waals surface area contributed by atoms with Crippen LogP contribution in [0, 0.1) is 0 Å². The highest BCUT2D eigenvalue weighted by Crippen LogP contribution is 2.24. The van der Waals surface area contributed by atoms with Crippen molar-refractivity contribution in [1.29, 1.82) is 0 Å². The van der Waals surface area contributed by atoms with Crippen LogP contribution < -0.4 is 15.4 Å². The molecule has 3 atom stereocenters. The summed E-state index contributed by atoms with van der Waals surface area (Å²) in [4.78, 5) is 9.19. The number of ether oxygens (including phenoxy) is 1. The number of aromatic nitrogens is 1. The molecule has 2 fully saturated rings. The summed E-state index contributed by atoms with van der Waals surface area (Å²) in [6.07, 6.45) is 11.2. The fourth-order valence-corrected chi connectivity index (χ4v) is 5.53. The zero-order valence-electron chi connectivity index (χ0n) is 17.9. The average Bonchev–Trinajstić information content (AvgIpc) is 3.26. The first kappa shape index (κ1) is 22.1. The topological polar surface area (TPSA) is 75.6 Å². The van der Waals surface area contributed by atoms with Crippen LogP contribution in [0.2, 0.25) is 0 Å². The minimum absolute atomic E-state index is 0.311. The average molecular weight is 421 g/mol. The third-order valence-electron chi connectivity index (χ3n) is 5.77. The number of hydrogen-bond donors (Lipinski definition) is 2.